The van der Waals surface area contributed by atoms with Crippen molar-refractivity contribution in [3.63, 3.8) is 0 Å². The molecule has 0 aromatic carbocycles. The second kappa shape index (κ2) is 5.32. The molecule has 4 nitrogen and oxygen atoms in total. The lowest BCUT2D eigenvalue weighted by atomic mass is 10.4. The lowest BCUT2D eigenvalue weighted by molar-refractivity contribution is -0.137. The lowest BCUT2D eigenvalue weighted by Crippen LogP contribution is -2.26. The smallest absolute Gasteiger partial charge is 0.351 e. The molecule has 1 rings (SSSR count). The van der Waals surface area contributed by atoms with E-state index < -0.39 is 22.4 Å². The number of halogens is 1. The van der Waals surface area contributed by atoms with Crippen LogP contribution in [0.2, 0.25) is 0 Å². The Bertz CT molecular complexity index is 416. The number of carbonyl (C=O) groups excluding carboxylic acids is 2. The van der Waals surface area contributed by atoms with Crippen molar-refractivity contribution in [1.82, 2.24) is 0 Å². The molecule has 0 amide bonds. The Morgan fingerprint density at radius 1 is 1.25 bits per heavy atom. The molecule has 1 aliphatic rings. The minimum absolute atomic E-state index is 0.0805. The first-order chi connectivity index (χ1) is 7.52. The zero-order chi connectivity index (χ0) is 12.3. The van der Waals surface area contributed by atoms with Gasteiger partial charge in [0.15, 0.2) is 4.86 Å². The van der Waals surface area contributed by atoms with Crippen LogP contribution < -0.4 is 0 Å². The van der Waals surface area contributed by atoms with E-state index in [9.17, 15) is 9.59 Å². The first kappa shape index (κ1) is 13.0. The molecule has 0 aromatic heterocycles. The molecule has 1 aliphatic heterocycles. The second-order valence-corrected chi connectivity index (χ2v) is 5.28. The Hall–Kier alpha value is -1.07. The van der Waals surface area contributed by atoms with Crippen molar-refractivity contribution in [3.8, 4) is 0 Å². The van der Waals surface area contributed by atoms with Crippen LogP contribution in [0.4, 0.5) is 0 Å². The fraction of sp³-hybridized carbons (Fsp3) is 0.300. The van der Waals surface area contributed by atoms with Crippen LogP contribution in [0, 0.1) is 0 Å². The monoisotopic (exact) mass is 262 g/mol. The summed E-state index contributed by atoms with van der Waals surface area (Å²) in [6.45, 7) is 1.80. The standard InChI is InChI=1S/C10H11ClO4S/c1-6-4-5-16(8(6)11)7(9(12)14-2)10(13)15-3/h4-5H,1-3H3. The predicted molar refractivity (Wildman–Crippen MR) is 64.3 cm³/mol. The van der Waals surface area contributed by atoms with Crippen LogP contribution >= 0.6 is 22.1 Å². The van der Waals surface area contributed by atoms with Gasteiger partial charge in [0, 0.05) is 0 Å². The van der Waals surface area contributed by atoms with Crippen molar-refractivity contribution >= 4 is 38.9 Å². The highest BCUT2D eigenvalue weighted by atomic mass is 35.5. The van der Waals surface area contributed by atoms with Crippen molar-refractivity contribution < 1.29 is 19.1 Å². The van der Waals surface area contributed by atoms with Crippen molar-refractivity contribution in [2.75, 3.05) is 14.2 Å². The maximum atomic E-state index is 11.5. The van der Waals surface area contributed by atoms with Crippen LogP contribution in [0.25, 0.3) is 0 Å². The number of methoxy groups -OCH3 is 2. The van der Waals surface area contributed by atoms with Gasteiger partial charge in [-0.15, -0.1) is 0 Å². The Kier molecular flexibility index (Phi) is 4.32. The van der Waals surface area contributed by atoms with E-state index in [2.05, 4.69) is 9.47 Å². The number of hydrogen-bond acceptors (Lipinski definition) is 4. The highest BCUT2D eigenvalue weighted by Gasteiger charge is 2.26. The molecule has 88 valence electrons. The van der Waals surface area contributed by atoms with Gasteiger partial charge in [-0.25, -0.2) is 9.59 Å². The number of rotatable bonds is 2. The molecular formula is C10H11ClO4S. The summed E-state index contributed by atoms with van der Waals surface area (Å²) in [5.41, 5.74) is 0.829. The van der Waals surface area contributed by atoms with Gasteiger partial charge in [0.05, 0.1) is 18.6 Å². The third-order valence-corrected chi connectivity index (χ3v) is 4.61. The van der Waals surface area contributed by atoms with E-state index in [1.165, 1.54) is 14.2 Å². The lowest BCUT2D eigenvalue weighted by Gasteiger charge is -2.07. The molecular weight excluding hydrogens is 252 g/mol. The minimum atomic E-state index is -0.868. The third-order valence-electron chi connectivity index (χ3n) is 1.92. The number of allylic oxidation sites excluding steroid dienone is 2. The van der Waals surface area contributed by atoms with Crippen LogP contribution in [0.5, 0.6) is 0 Å². The molecule has 0 aromatic rings. The molecule has 0 spiro atoms. The van der Waals surface area contributed by atoms with Gasteiger partial charge in [0.2, 0.25) is 0 Å². The fourth-order valence-electron chi connectivity index (χ4n) is 1.07. The van der Waals surface area contributed by atoms with E-state index in [-0.39, 0.29) is 4.86 Å². The first-order valence-electron chi connectivity index (χ1n) is 4.34. The Labute approximate surface area is 101 Å². The SMILES string of the molecule is COC(=O)C(C(=O)OC)=S1C=CC(C)=C1Cl. The largest absolute Gasteiger partial charge is 0.465 e. The normalized spacial score (nSPS) is 18.6. The van der Waals surface area contributed by atoms with Crippen LogP contribution in [-0.2, 0) is 19.1 Å². The van der Waals surface area contributed by atoms with Gasteiger partial charge < -0.3 is 9.47 Å². The number of hydrogen-bond donors (Lipinski definition) is 0. The van der Waals surface area contributed by atoms with E-state index >= 15 is 0 Å². The highest BCUT2D eigenvalue weighted by Crippen LogP contribution is 2.40. The summed E-state index contributed by atoms with van der Waals surface area (Å²) in [5, 5.41) is 1.70. The number of ether oxygens (including phenoxy) is 2. The molecule has 0 saturated carbocycles. The molecule has 0 radical (unpaired) electrons. The Morgan fingerprint density at radius 3 is 2.06 bits per heavy atom. The molecule has 16 heavy (non-hydrogen) atoms. The van der Waals surface area contributed by atoms with Gasteiger partial charge in [-0.3, -0.25) is 0 Å². The maximum absolute atomic E-state index is 11.5. The van der Waals surface area contributed by atoms with Crippen molar-refractivity contribution in [1.29, 1.82) is 0 Å². The highest BCUT2D eigenvalue weighted by molar-refractivity contribution is 8.24. The molecule has 0 fully saturated rings. The van der Waals surface area contributed by atoms with E-state index in [0.717, 1.165) is 5.57 Å². The summed E-state index contributed by atoms with van der Waals surface area (Å²) < 4.78 is 9.56. The summed E-state index contributed by atoms with van der Waals surface area (Å²) >= 11 is 6.02. The van der Waals surface area contributed by atoms with E-state index in [1.54, 1.807) is 18.4 Å². The topological polar surface area (TPSA) is 52.6 Å². The van der Waals surface area contributed by atoms with Gasteiger partial charge in [-0.1, -0.05) is 28.2 Å². The Balaban J connectivity index is 3.32. The molecule has 0 bridgehead atoms. The Morgan fingerprint density at radius 2 is 1.75 bits per heavy atom. The van der Waals surface area contributed by atoms with E-state index in [4.69, 9.17) is 11.6 Å². The van der Waals surface area contributed by atoms with Crippen molar-refractivity contribution in [2.24, 2.45) is 0 Å². The molecule has 0 saturated heterocycles. The summed E-state index contributed by atoms with van der Waals surface area (Å²) in [7, 11) is 1.55. The van der Waals surface area contributed by atoms with Gasteiger partial charge >= 0.3 is 11.9 Å². The van der Waals surface area contributed by atoms with Crippen LogP contribution in [0.15, 0.2) is 21.4 Å². The summed E-state index contributed by atoms with van der Waals surface area (Å²) in [6.07, 6.45) is 1.76. The first-order valence-corrected chi connectivity index (χ1v) is 6.00. The van der Waals surface area contributed by atoms with Crippen LogP contribution in [0.1, 0.15) is 6.92 Å². The zero-order valence-corrected chi connectivity index (χ0v) is 10.6. The molecule has 0 N–H and O–H groups in total. The third kappa shape index (κ3) is 2.36. The molecule has 1 atom stereocenters. The quantitative estimate of drug-likeness (QED) is 0.432. The molecule has 1 unspecified atom stereocenters. The average molecular weight is 263 g/mol. The number of esters is 2. The van der Waals surface area contributed by atoms with Gasteiger partial charge in [-0.2, -0.15) is 0 Å². The summed E-state index contributed by atoms with van der Waals surface area (Å²) in [5.74, 6) is -1.43. The summed E-state index contributed by atoms with van der Waals surface area (Å²) in [6, 6.07) is 0. The molecule has 1 heterocycles. The predicted octanol–water partition coefficient (Wildman–Crippen LogP) is 1.77. The average Bonchev–Trinajstić information content (AvgIpc) is 2.60. The van der Waals surface area contributed by atoms with E-state index in [0.29, 0.717) is 4.36 Å². The van der Waals surface area contributed by atoms with Crippen molar-refractivity contribution in [2.45, 2.75) is 6.92 Å². The van der Waals surface area contributed by atoms with Crippen LogP contribution in [-0.4, -0.2) is 31.0 Å². The second-order valence-electron chi connectivity index (χ2n) is 2.91. The zero-order valence-electron chi connectivity index (χ0n) is 9.07. The van der Waals surface area contributed by atoms with Gasteiger partial charge in [0.1, 0.15) is 0 Å². The van der Waals surface area contributed by atoms with Gasteiger partial charge in [0.25, 0.3) is 0 Å². The minimum Gasteiger partial charge on any atom is -0.465 e. The fourth-order valence-corrected chi connectivity index (χ4v) is 3.24. The maximum Gasteiger partial charge on any atom is 0.351 e. The van der Waals surface area contributed by atoms with Crippen LogP contribution in [0.3, 0.4) is 0 Å². The molecule has 6 heteroatoms. The van der Waals surface area contributed by atoms with Crippen molar-refractivity contribution in [3.05, 3.63) is 21.4 Å². The summed E-state index contributed by atoms with van der Waals surface area (Å²) in [4.78, 5) is 22.9. The molecule has 0 aliphatic carbocycles. The van der Waals surface area contributed by atoms with Gasteiger partial charge in [-0.05, 0) is 17.9 Å². The van der Waals surface area contributed by atoms with E-state index in [1.807, 2.05) is 0 Å². The number of carbonyl (C=O) groups is 2.